The first-order chi connectivity index (χ1) is 13.9. The molecule has 0 unspecified atom stereocenters. The van der Waals surface area contributed by atoms with E-state index in [1.165, 1.54) is 13.3 Å². The maximum Gasteiger partial charge on any atom is 0.410 e. The second-order valence-electron chi connectivity index (χ2n) is 7.02. The van der Waals surface area contributed by atoms with E-state index in [1.807, 2.05) is 0 Å². The summed E-state index contributed by atoms with van der Waals surface area (Å²) < 4.78 is 52.7. The average Bonchev–Trinajstić information content (AvgIpc) is 3.16. The van der Waals surface area contributed by atoms with Crippen LogP contribution in [0.5, 0.6) is 5.75 Å². The number of hydrogen-bond donors (Lipinski definition) is 1. The number of methoxy groups -OCH3 is 1. The summed E-state index contributed by atoms with van der Waals surface area (Å²) in [5.41, 5.74) is 0.782. The molecule has 10 heteroatoms. The van der Waals surface area contributed by atoms with Crippen LogP contribution in [0.15, 0.2) is 30.5 Å². The van der Waals surface area contributed by atoms with Crippen molar-refractivity contribution in [2.75, 3.05) is 38.7 Å². The normalized spacial score (nSPS) is 22.0. The summed E-state index contributed by atoms with van der Waals surface area (Å²) in [6, 6.07) is 4.41. The molecule has 0 spiro atoms. The van der Waals surface area contributed by atoms with Crippen molar-refractivity contribution in [3.8, 4) is 5.75 Å². The predicted octanol–water partition coefficient (Wildman–Crippen LogP) is 3.02. The molecule has 2 aromatic rings. The van der Waals surface area contributed by atoms with Gasteiger partial charge in [0, 0.05) is 19.5 Å². The van der Waals surface area contributed by atoms with Crippen LogP contribution in [-0.4, -0.2) is 60.2 Å². The Morgan fingerprint density at radius 1 is 1.31 bits per heavy atom. The smallest absolute Gasteiger partial charge is 0.410 e. The van der Waals surface area contributed by atoms with Crippen molar-refractivity contribution >= 4 is 11.7 Å². The fourth-order valence-corrected chi connectivity index (χ4v) is 3.73. The number of nitrogens with zero attached hydrogens (tertiary/aromatic N) is 3. The summed E-state index contributed by atoms with van der Waals surface area (Å²) in [5.74, 6) is 0.286. The number of anilines is 1. The number of aromatic nitrogens is 2. The first-order valence-electron chi connectivity index (χ1n) is 9.30. The van der Waals surface area contributed by atoms with Crippen molar-refractivity contribution < 1.29 is 27.4 Å². The monoisotopic (exact) mass is 410 g/mol. The summed E-state index contributed by atoms with van der Waals surface area (Å²) in [5, 5.41) is 7.01. The van der Waals surface area contributed by atoms with Crippen LogP contribution in [0.1, 0.15) is 34.4 Å². The van der Waals surface area contributed by atoms with Gasteiger partial charge in [-0.05, 0) is 17.7 Å². The summed E-state index contributed by atoms with van der Waals surface area (Å²) in [4.78, 5) is 14.5. The molecule has 1 saturated heterocycles. The molecule has 0 saturated carbocycles. The van der Waals surface area contributed by atoms with Gasteiger partial charge >= 0.3 is 6.18 Å². The van der Waals surface area contributed by atoms with Gasteiger partial charge in [0.25, 0.3) is 5.91 Å². The molecule has 1 aromatic carbocycles. The molecular weight excluding hydrogens is 389 g/mol. The van der Waals surface area contributed by atoms with Gasteiger partial charge in [0.05, 0.1) is 32.6 Å². The molecule has 29 heavy (non-hydrogen) atoms. The van der Waals surface area contributed by atoms with Gasteiger partial charge in [0.1, 0.15) is 17.1 Å². The van der Waals surface area contributed by atoms with Crippen molar-refractivity contribution in [1.29, 1.82) is 0 Å². The van der Waals surface area contributed by atoms with E-state index >= 15 is 0 Å². The number of alkyl halides is 3. The van der Waals surface area contributed by atoms with Gasteiger partial charge in [-0.25, -0.2) is 4.68 Å². The lowest BCUT2D eigenvalue weighted by Gasteiger charge is -2.34. The Morgan fingerprint density at radius 3 is 2.76 bits per heavy atom. The maximum atomic E-state index is 13.8. The Labute approximate surface area is 165 Å². The number of carbonyl (C=O) groups is 1. The van der Waals surface area contributed by atoms with Crippen molar-refractivity contribution in [1.82, 2.24) is 14.7 Å². The largest absolute Gasteiger partial charge is 0.497 e. The number of fused-ring (bicyclic) bond motifs is 1. The zero-order chi connectivity index (χ0) is 20.6. The lowest BCUT2D eigenvalue weighted by Crippen LogP contribution is -2.41. The molecule has 0 bridgehead atoms. The number of amides is 1. The van der Waals surface area contributed by atoms with Crippen LogP contribution in [0, 0.1) is 0 Å². The van der Waals surface area contributed by atoms with Gasteiger partial charge in [0.2, 0.25) is 0 Å². The van der Waals surface area contributed by atoms with Crippen LogP contribution in [0.3, 0.4) is 0 Å². The molecule has 1 fully saturated rings. The summed E-state index contributed by atoms with van der Waals surface area (Å²) in [7, 11) is 1.50. The van der Waals surface area contributed by atoms with E-state index in [9.17, 15) is 18.0 Å². The van der Waals surface area contributed by atoms with Crippen molar-refractivity contribution in [3.63, 3.8) is 0 Å². The molecule has 1 aromatic heterocycles. The van der Waals surface area contributed by atoms with Gasteiger partial charge in [-0.15, -0.1) is 0 Å². The Balaban J connectivity index is 1.71. The highest BCUT2D eigenvalue weighted by Crippen LogP contribution is 2.44. The lowest BCUT2D eigenvalue weighted by atomic mass is 9.96. The van der Waals surface area contributed by atoms with Gasteiger partial charge in [-0.2, -0.15) is 18.3 Å². The van der Waals surface area contributed by atoms with Crippen molar-refractivity contribution in [3.05, 3.63) is 41.6 Å². The minimum absolute atomic E-state index is 0.0860. The fraction of sp³-hybridized carbons (Fsp3) is 0.474. The Hall–Kier alpha value is -2.75. The quantitative estimate of drug-likeness (QED) is 0.843. The minimum atomic E-state index is -4.50. The lowest BCUT2D eigenvalue weighted by molar-refractivity contribution is -0.173. The van der Waals surface area contributed by atoms with Crippen LogP contribution in [0.25, 0.3) is 0 Å². The first-order valence-corrected chi connectivity index (χ1v) is 9.30. The molecule has 2 aliphatic rings. The van der Waals surface area contributed by atoms with Crippen molar-refractivity contribution in [2.45, 2.75) is 24.7 Å². The van der Waals surface area contributed by atoms with E-state index in [4.69, 9.17) is 9.47 Å². The van der Waals surface area contributed by atoms with Crippen LogP contribution in [0.4, 0.5) is 19.0 Å². The number of nitrogens with one attached hydrogen (secondary N) is 1. The number of ether oxygens (including phenoxy) is 2. The zero-order valence-electron chi connectivity index (χ0n) is 15.8. The molecule has 156 valence electrons. The number of hydrogen-bond acceptors (Lipinski definition) is 5. The van der Waals surface area contributed by atoms with E-state index in [1.54, 1.807) is 29.2 Å². The van der Waals surface area contributed by atoms with Gasteiger partial charge in [-0.3, -0.25) is 4.79 Å². The van der Waals surface area contributed by atoms with Crippen LogP contribution in [0.2, 0.25) is 0 Å². The number of halogens is 3. The molecule has 1 N–H and O–H groups in total. The molecule has 1 amide bonds. The van der Waals surface area contributed by atoms with Gasteiger partial charge < -0.3 is 19.7 Å². The highest BCUT2D eigenvalue weighted by atomic mass is 19.4. The van der Waals surface area contributed by atoms with Crippen LogP contribution >= 0.6 is 0 Å². The second-order valence-corrected chi connectivity index (χ2v) is 7.02. The fourth-order valence-electron chi connectivity index (χ4n) is 3.73. The van der Waals surface area contributed by atoms with Gasteiger partial charge in [0.15, 0.2) is 6.04 Å². The topological polar surface area (TPSA) is 68.6 Å². The number of carbonyl (C=O) groups excluding carboxylic acids is 1. The van der Waals surface area contributed by atoms with E-state index < -0.39 is 18.3 Å². The predicted molar refractivity (Wildman–Crippen MR) is 98.0 cm³/mol. The average molecular weight is 410 g/mol. The minimum Gasteiger partial charge on any atom is -0.497 e. The number of morpholine rings is 1. The Bertz CT molecular complexity index is 893. The van der Waals surface area contributed by atoms with Crippen LogP contribution < -0.4 is 10.1 Å². The first kappa shape index (κ1) is 19.6. The molecule has 0 aliphatic carbocycles. The van der Waals surface area contributed by atoms with E-state index in [-0.39, 0.29) is 23.7 Å². The molecule has 4 rings (SSSR count). The maximum absolute atomic E-state index is 13.8. The summed E-state index contributed by atoms with van der Waals surface area (Å²) >= 11 is 0. The Kier molecular flexibility index (Phi) is 5.12. The van der Waals surface area contributed by atoms with Crippen LogP contribution in [-0.2, 0) is 4.74 Å². The second kappa shape index (κ2) is 7.58. The molecule has 7 nitrogen and oxygen atoms in total. The molecular formula is C19H21F3N4O3. The summed E-state index contributed by atoms with van der Waals surface area (Å²) in [6.45, 7) is 1.59. The zero-order valence-corrected chi connectivity index (χ0v) is 15.8. The third-order valence-electron chi connectivity index (χ3n) is 5.26. The van der Waals surface area contributed by atoms with Crippen molar-refractivity contribution in [2.24, 2.45) is 0 Å². The van der Waals surface area contributed by atoms with Gasteiger partial charge in [-0.1, -0.05) is 12.1 Å². The van der Waals surface area contributed by atoms with E-state index in [0.717, 1.165) is 4.68 Å². The molecule has 2 atom stereocenters. The van der Waals surface area contributed by atoms with E-state index in [2.05, 4.69) is 10.4 Å². The summed E-state index contributed by atoms with van der Waals surface area (Å²) in [6.07, 6.45) is -3.53. The molecule has 0 radical (unpaired) electrons. The number of rotatable bonds is 3. The highest BCUT2D eigenvalue weighted by Gasteiger charge is 2.47. The molecule has 3 heterocycles. The third kappa shape index (κ3) is 3.76. The number of benzene rings is 1. The molecule has 2 aliphatic heterocycles. The standard InChI is InChI=1S/C19H21F3N4O3/c1-28-13-4-2-3-12(9-13)15-10-16(19(20,21)22)26-17(24-15)14(11-23-26)18(27)25-5-7-29-8-6-25/h2-4,9,11,15-16,24H,5-8,10H2,1H3/t15-,16-/m1/s1. The Morgan fingerprint density at radius 2 is 2.07 bits per heavy atom. The third-order valence-corrected chi connectivity index (χ3v) is 5.26. The van der Waals surface area contributed by atoms with E-state index in [0.29, 0.717) is 37.6 Å². The SMILES string of the molecule is COc1cccc([C@H]2C[C@H](C(F)(F)F)n3ncc(C(=O)N4CCOCC4)c3N2)c1. The highest BCUT2D eigenvalue weighted by molar-refractivity contribution is 5.99.